The van der Waals surface area contributed by atoms with Gasteiger partial charge in [0.1, 0.15) is 5.82 Å². The van der Waals surface area contributed by atoms with Crippen molar-refractivity contribution < 1.29 is 0 Å². The lowest BCUT2D eigenvalue weighted by molar-refractivity contribution is 0.743. The Balaban J connectivity index is 1.77. The van der Waals surface area contributed by atoms with Crippen molar-refractivity contribution >= 4 is 40.7 Å². The number of benzene rings is 1. The molecule has 1 aromatic carbocycles. The van der Waals surface area contributed by atoms with Gasteiger partial charge in [-0.25, -0.2) is 4.98 Å². The van der Waals surface area contributed by atoms with Crippen LogP contribution in [0.5, 0.6) is 0 Å². The highest BCUT2D eigenvalue weighted by Gasteiger charge is 2.16. The first-order valence-corrected chi connectivity index (χ1v) is 8.20. The Hall–Kier alpha value is -1.52. The van der Waals surface area contributed by atoms with Gasteiger partial charge >= 0.3 is 0 Å². The highest BCUT2D eigenvalue weighted by Crippen LogP contribution is 2.27. The Morgan fingerprint density at radius 2 is 1.82 bits per heavy atom. The molecular weight excluding hydrogens is 319 g/mol. The van der Waals surface area contributed by atoms with Gasteiger partial charge in [-0.1, -0.05) is 36.0 Å². The lowest BCUT2D eigenvalue weighted by Crippen LogP contribution is -2.17. The monoisotopic (exact) mass is 336 g/mol. The van der Waals surface area contributed by atoms with Crippen molar-refractivity contribution in [1.29, 1.82) is 0 Å². The van der Waals surface area contributed by atoms with Gasteiger partial charge in [0.05, 0.1) is 10.0 Å². The van der Waals surface area contributed by atoms with E-state index in [1.165, 1.54) is 25.7 Å². The Labute approximate surface area is 140 Å². The first-order valence-electron chi connectivity index (χ1n) is 7.44. The fourth-order valence-electron chi connectivity index (χ4n) is 2.67. The van der Waals surface area contributed by atoms with Crippen LogP contribution in [-0.2, 0) is 0 Å². The maximum Gasteiger partial charge on any atom is 0.225 e. The summed E-state index contributed by atoms with van der Waals surface area (Å²) in [4.78, 5) is 9.00. The van der Waals surface area contributed by atoms with Crippen LogP contribution in [0.15, 0.2) is 24.3 Å². The number of aryl methyl sites for hydroxylation is 1. The molecule has 1 heterocycles. The van der Waals surface area contributed by atoms with E-state index in [-0.39, 0.29) is 0 Å². The molecule has 0 bridgehead atoms. The molecular formula is C16H18Cl2N4. The molecule has 1 fully saturated rings. The average Bonchev–Trinajstić information content (AvgIpc) is 2.95. The van der Waals surface area contributed by atoms with Crippen LogP contribution in [-0.4, -0.2) is 16.0 Å². The molecule has 116 valence electrons. The smallest absolute Gasteiger partial charge is 0.225 e. The van der Waals surface area contributed by atoms with Gasteiger partial charge in [0, 0.05) is 23.5 Å². The van der Waals surface area contributed by atoms with Gasteiger partial charge in [-0.2, -0.15) is 4.98 Å². The van der Waals surface area contributed by atoms with Crippen molar-refractivity contribution in [2.24, 2.45) is 0 Å². The van der Waals surface area contributed by atoms with Crippen LogP contribution in [0.1, 0.15) is 31.4 Å². The number of anilines is 3. The predicted molar refractivity (Wildman–Crippen MR) is 92.4 cm³/mol. The molecule has 0 saturated heterocycles. The summed E-state index contributed by atoms with van der Waals surface area (Å²) in [7, 11) is 0. The fourth-order valence-corrected chi connectivity index (χ4v) is 2.97. The van der Waals surface area contributed by atoms with Crippen LogP contribution in [0.4, 0.5) is 17.5 Å². The molecule has 0 spiro atoms. The second-order valence-electron chi connectivity index (χ2n) is 5.60. The molecule has 2 aromatic rings. The molecule has 1 saturated carbocycles. The van der Waals surface area contributed by atoms with Crippen molar-refractivity contribution in [2.45, 2.75) is 38.6 Å². The van der Waals surface area contributed by atoms with Gasteiger partial charge in [0.15, 0.2) is 0 Å². The second-order valence-corrected chi connectivity index (χ2v) is 6.41. The van der Waals surface area contributed by atoms with Gasteiger partial charge in [0.25, 0.3) is 0 Å². The number of nitrogens with one attached hydrogen (secondary N) is 2. The number of hydrogen-bond donors (Lipinski definition) is 2. The molecule has 0 radical (unpaired) electrons. The van der Waals surface area contributed by atoms with E-state index in [1.807, 2.05) is 19.1 Å². The van der Waals surface area contributed by atoms with Gasteiger partial charge in [0.2, 0.25) is 5.95 Å². The largest absolute Gasteiger partial charge is 0.351 e. The second kappa shape index (κ2) is 6.71. The summed E-state index contributed by atoms with van der Waals surface area (Å²) in [5.74, 6) is 1.42. The molecule has 1 aliphatic rings. The summed E-state index contributed by atoms with van der Waals surface area (Å²) >= 11 is 12.0. The molecule has 1 aromatic heterocycles. The minimum absolute atomic E-state index is 0.486. The molecule has 2 N–H and O–H groups in total. The maximum atomic E-state index is 6.04. The highest BCUT2D eigenvalue weighted by molar-refractivity contribution is 6.42. The average molecular weight is 337 g/mol. The zero-order valence-corrected chi connectivity index (χ0v) is 13.9. The van der Waals surface area contributed by atoms with E-state index >= 15 is 0 Å². The Bertz CT molecular complexity index is 669. The van der Waals surface area contributed by atoms with E-state index in [0.29, 0.717) is 22.0 Å². The molecule has 0 unspecified atom stereocenters. The number of halogens is 2. The van der Waals surface area contributed by atoms with E-state index in [9.17, 15) is 0 Å². The third-order valence-corrected chi connectivity index (χ3v) is 4.47. The van der Waals surface area contributed by atoms with Crippen LogP contribution < -0.4 is 10.6 Å². The highest BCUT2D eigenvalue weighted by atomic mass is 35.5. The zero-order valence-electron chi connectivity index (χ0n) is 12.4. The molecule has 0 aliphatic heterocycles. The minimum atomic E-state index is 0.486. The van der Waals surface area contributed by atoms with Crippen molar-refractivity contribution in [3.63, 3.8) is 0 Å². The van der Waals surface area contributed by atoms with Crippen molar-refractivity contribution in [2.75, 3.05) is 10.6 Å². The molecule has 22 heavy (non-hydrogen) atoms. The van der Waals surface area contributed by atoms with Crippen LogP contribution >= 0.6 is 23.2 Å². The Kier molecular flexibility index (Phi) is 4.69. The van der Waals surface area contributed by atoms with E-state index in [1.54, 1.807) is 12.1 Å². The number of rotatable bonds is 4. The molecule has 1 aliphatic carbocycles. The van der Waals surface area contributed by atoms with Crippen molar-refractivity contribution in [1.82, 2.24) is 9.97 Å². The number of aromatic nitrogens is 2. The van der Waals surface area contributed by atoms with E-state index in [0.717, 1.165) is 17.2 Å². The summed E-state index contributed by atoms with van der Waals surface area (Å²) in [6.45, 7) is 1.96. The van der Waals surface area contributed by atoms with Crippen molar-refractivity contribution in [3.05, 3.63) is 40.0 Å². The van der Waals surface area contributed by atoms with Gasteiger partial charge in [-0.3, -0.25) is 0 Å². The number of hydrogen-bond acceptors (Lipinski definition) is 4. The molecule has 6 heteroatoms. The molecule has 0 atom stereocenters. The normalized spacial score (nSPS) is 15.0. The van der Waals surface area contributed by atoms with E-state index < -0.39 is 0 Å². The lowest BCUT2D eigenvalue weighted by atomic mass is 10.2. The lowest BCUT2D eigenvalue weighted by Gasteiger charge is -2.14. The van der Waals surface area contributed by atoms with Gasteiger partial charge in [-0.05, 0) is 38.0 Å². The number of nitrogens with zero attached hydrogens (tertiary/aromatic N) is 2. The van der Waals surface area contributed by atoms with E-state index in [2.05, 4.69) is 20.6 Å². The Morgan fingerprint density at radius 1 is 1.05 bits per heavy atom. The van der Waals surface area contributed by atoms with Crippen LogP contribution in [0.2, 0.25) is 10.0 Å². The SMILES string of the molecule is Cc1cc(Nc2ccc(Cl)c(Cl)c2)nc(NC2CCCC2)n1. The summed E-state index contributed by atoms with van der Waals surface area (Å²) in [5.41, 5.74) is 1.76. The van der Waals surface area contributed by atoms with Crippen LogP contribution in [0, 0.1) is 6.92 Å². The predicted octanol–water partition coefficient (Wildman–Crippen LogP) is 5.19. The summed E-state index contributed by atoms with van der Waals surface area (Å²) in [6.07, 6.45) is 4.93. The van der Waals surface area contributed by atoms with Gasteiger partial charge in [-0.15, -0.1) is 0 Å². The van der Waals surface area contributed by atoms with Crippen LogP contribution in [0.25, 0.3) is 0 Å². The maximum absolute atomic E-state index is 6.04. The third kappa shape index (κ3) is 3.81. The van der Waals surface area contributed by atoms with E-state index in [4.69, 9.17) is 23.2 Å². The topological polar surface area (TPSA) is 49.8 Å². The molecule has 3 rings (SSSR count). The minimum Gasteiger partial charge on any atom is -0.351 e. The molecule has 0 amide bonds. The zero-order chi connectivity index (χ0) is 15.5. The standard InChI is InChI=1S/C16H18Cl2N4/c1-10-8-15(20-12-6-7-13(17)14(18)9-12)22-16(19-10)21-11-4-2-3-5-11/h6-9,11H,2-5H2,1H3,(H2,19,20,21,22). The molecule has 4 nitrogen and oxygen atoms in total. The fraction of sp³-hybridized carbons (Fsp3) is 0.375. The van der Waals surface area contributed by atoms with Crippen molar-refractivity contribution in [3.8, 4) is 0 Å². The quantitative estimate of drug-likeness (QED) is 0.806. The summed E-state index contributed by atoms with van der Waals surface area (Å²) in [6, 6.07) is 7.81. The third-order valence-electron chi connectivity index (χ3n) is 3.73. The van der Waals surface area contributed by atoms with Gasteiger partial charge < -0.3 is 10.6 Å². The Morgan fingerprint density at radius 3 is 2.55 bits per heavy atom. The van der Waals surface area contributed by atoms with Crippen LogP contribution in [0.3, 0.4) is 0 Å². The first kappa shape index (κ1) is 15.4. The first-order chi connectivity index (χ1) is 10.6. The summed E-state index contributed by atoms with van der Waals surface area (Å²) < 4.78 is 0. The summed E-state index contributed by atoms with van der Waals surface area (Å²) in [5, 5.41) is 7.72.